The summed E-state index contributed by atoms with van der Waals surface area (Å²) in [6.07, 6.45) is -1.62. The molecule has 0 heterocycles. The lowest BCUT2D eigenvalue weighted by Crippen LogP contribution is -2.45. The first-order valence-electron chi connectivity index (χ1n) is 7.14. The summed E-state index contributed by atoms with van der Waals surface area (Å²) in [5.74, 6) is 0. The molecule has 7 heteroatoms. The molecular weight excluding hydrogens is 364 g/mol. The second-order valence-electron chi connectivity index (χ2n) is 7.08. The van der Waals surface area contributed by atoms with E-state index in [4.69, 9.17) is 4.74 Å². The fourth-order valence-corrected chi connectivity index (χ4v) is 2.49. The van der Waals surface area contributed by atoms with Gasteiger partial charge in [-0.15, -0.1) is 0 Å². The molecular formula is C16H23BrN2O4. The second kappa shape index (κ2) is 6.78. The van der Waals surface area contributed by atoms with Gasteiger partial charge in [0, 0.05) is 15.7 Å². The number of carbonyl (C=O) groups is 2. The zero-order valence-electron chi connectivity index (χ0n) is 14.2. The van der Waals surface area contributed by atoms with E-state index in [9.17, 15) is 14.7 Å². The van der Waals surface area contributed by atoms with Gasteiger partial charge in [-0.1, -0.05) is 0 Å². The molecule has 0 radical (unpaired) electrons. The lowest BCUT2D eigenvalue weighted by Gasteiger charge is -2.34. The van der Waals surface area contributed by atoms with E-state index in [2.05, 4.69) is 21.2 Å². The summed E-state index contributed by atoms with van der Waals surface area (Å²) in [6.45, 7) is 10.8. The van der Waals surface area contributed by atoms with Gasteiger partial charge in [0.05, 0.1) is 5.69 Å². The summed E-state index contributed by atoms with van der Waals surface area (Å²) in [7, 11) is 0. The lowest BCUT2D eigenvalue weighted by molar-refractivity contribution is 0.0636. The number of rotatable bonds is 2. The maximum atomic E-state index is 11.8. The minimum Gasteiger partial charge on any atom is -0.465 e. The Bertz CT molecular complexity index is 603. The number of ether oxygens (including phenoxy) is 1. The first-order valence-corrected chi connectivity index (χ1v) is 7.93. The van der Waals surface area contributed by atoms with Gasteiger partial charge in [-0.2, -0.15) is 0 Å². The fourth-order valence-electron chi connectivity index (χ4n) is 1.94. The van der Waals surface area contributed by atoms with Gasteiger partial charge in [-0.25, -0.2) is 9.59 Å². The summed E-state index contributed by atoms with van der Waals surface area (Å²) in [5.41, 5.74) is -0.184. The maximum Gasteiger partial charge on any atom is 0.412 e. The molecule has 0 atom stereocenters. The Kier molecular flexibility index (Phi) is 5.69. The van der Waals surface area contributed by atoms with Gasteiger partial charge in [0.2, 0.25) is 0 Å². The van der Waals surface area contributed by atoms with Crippen LogP contribution in [0.15, 0.2) is 22.7 Å². The highest BCUT2D eigenvalue weighted by Gasteiger charge is 2.29. The van der Waals surface area contributed by atoms with Crippen molar-refractivity contribution in [2.75, 3.05) is 10.2 Å². The first kappa shape index (κ1) is 19.3. The second-order valence-corrected chi connectivity index (χ2v) is 7.94. The molecule has 1 aromatic rings. The summed E-state index contributed by atoms with van der Waals surface area (Å²) in [6, 6.07) is 4.91. The number of hydrogen-bond donors (Lipinski definition) is 2. The summed E-state index contributed by atoms with van der Waals surface area (Å²) in [4.78, 5) is 24.6. The van der Waals surface area contributed by atoms with Crippen molar-refractivity contribution in [2.24, 2.45) is 0 Å². The van der Waals surface area contributed by atoms with Crippen LogP contribution < -0.4 is 10.2 Å². The molecule has 1 rings (SSSR count). The fraction of sp³-hybridized carbons (Fsp3) is 0.500. The van der Waals surface area contributed by atoms with Gasteiger partial charge < -0.3 is 9.84 Å². The number of anilines is 2. The summed E-state index contributed by atoms with van der Waals surface area (Å²) in [5, 5.41) is 12.1. The molecule has 0 aliphatic heterocycles. The number of benzene rings is 1. The van der Waals surface area contributed by atoms with Crippen molar-refractivity contribution >= 4 is 39.5 Å². The molecule has 0 unspecified atom stereocenters. The van der Waals surface area contributed by atoms with Gasteiger partial charge in [0.15, 0.2) is 0 Å². The number of carbonyl (C=O) groups excluding carboxylic acids is 1. The third-order valence-electron chi connectivity index (χ3n) is 2.70. The van der Waals surface area contributed by atoms with E-state index in [1.54, 1.807) is 59.7 Å². The van der Waals surface area contributed by atoms with E-state index < -0.39 is 23.3 Å². The lowest BCUT2D eigenvalue weighted by atomic mass is 10.1. The van der Waals surface area contributed by atoms with Gasteiger partial charge in [0.1, 0.15) is 5.60 Å². The van der Waals surface area contributed by atoms with Crippen LogP contribution >= 0.6 is 15.9 Å². The van der Waals surface area contributed by atoms with Crippen molar-refractivity contribution in [1.29, 1.82) is 0 Å². The molecule has 2 N–H and O–H groups in total. The molecule has 2 amide bonds. The van der Waals surface area contributed by atoms with E-state index in [-0.39, 0.29) is 0 Å². The number of hydrogen-bond acceptors (Lipinski definition) is 3. The monoisotopic (exact) mass is 386 g/mol. The van der Waals surface area contributed by atoms with Crippen molar-refractivity contribution in [1.82, 2.24) is 0 Å². The van der Waals surface area contributed by atoms with Crippen LogP contribution in [-0.2, 0) is 4.74 Å². The van der Waals surface area contributed by atoms with Crippen LogP contribution in [0, 0.1) is 0 Å². The molecule has 0 saturated carbocycles. The van der Waals surface area contributed by atoms with Crippen LogP contribution in [0.2, 0.25) is 0 Å². The van der Waals surface area contributed by atoms with Crippen molar-refractivity contribution in [3.8, 4) is 0 Å². The number of halogens is 1. The normalized spacial score (nSPS) is 11.8. The van der Waals surface area contributed by atoms with E-state index in [1.165, 1.54) is 4.90 Å². The van der Waals surface area contributed by atoms with Crippen LogP contribution in [0.1, 0.15) is 41.5 Å². The first-order chi connectivity index (χ1) is 10.3. The number of nitrogens with one attached hydrogen (secondary N) is 1. The Labute approximate surface area is 144 Å². The molecule has 0 fully saturated rings. The van der Waals surface area contributed by atoms with Crippen molar-refractivity contribution < 1.29 is 19.4 Å². The SMILES string of the molecule is CC(C)(C)OC(=O)Nc1ccc(N(C(=O)O)C(C)(C)C)c(Br)c1. The Morgan fingerprint density at radius 1 is 1.17 bits per heavy atom. The Morgan fingerprint density at radius 3 is 2.13 bits per heavy atom. The van der Waals surface area contributed by atoms with Crippen LogP contribution in [0.5, 0.6) is 0 Å². The molecule has 0 spiro atoms. The number of carboxylic acid groups (broad SMARTS) is 1. The quantitative estimate of drug-likeness (QED) is 0.742. The summed E-state index contributed by atoms with van der Waals surface area (Å²) < 4.78 is 5.74. The van der Waals surface area contributed by atoms with E-state index in [0.717, 1.165) is 0 Å². The summed E-state index contributed by atoms with van der Waals surface area (Å²) >= 11 is 3.36. The number of nitrogens with zero attached hydrogens (tertiary/aromatic N) is 1. The molecule has 23 heavy (non-hydrogen) atoms. The van der Waals surface area contributed by atoms with Crippen molar-refractivity contribution in [3.63, 3.8) is 0 Å². The standard InChI is InChI=1S/C16H23BrN2O4/c1-15(2,3)19(14(21)22)12-8-7-10(9-11(12)17)18-13(20)23-16(4,5)6/h7-9H,1-6H3,(H,18,20)(H,21,22). The third kappa shape index (κ3) is 5.74. The molecule has 0 saturated heterocycles. The van der Waals surface area contributed by atoms with Gasteiger partial charge in [-0.05, 0) is 75.7 Å². The maximum absolute atomic E-state index is 11.8. The highest BCUT2D eigenvalue weighted by Crippen LogP contribution is 2.33. The topological polar surface area (TPSA) is 78.9 Å². The zero-order chi connectivity index (χ0) is 18.0. The minimum absolute atomic E-state index is 0.500. The predicted molar refractivity (Wildman–Crippen MR) is 94.3 cm³/mol. The van der Waals surface area contributed by atoms with E-state index in [0.29, 0.717) is 15.8 Å². The van der Waals surface area contributed by atoms with Crippen LogP contribution in [-0.4, -0.2) is 28.4 Å². The average Bonchev–Trinajstić information content (AvgIpc) is 2.27. The minimum atomic E-state index is -1.05. The zero-order valence-corrected chi connectivity index (χ0v) is 15.8. The molecule has 6 nitrogen and oxygen atoms in total. The van der Waals surface area contributed by atoms with Gasteiger partial charge in [0.25, 0.3) is 0 Å². The highest BCUT2D eigenvalue weighted by molar-refractivity contribution is 9.10. The Balaban J connectivity index is 3.02. The number of amides is 2. The Morgan fingerprint density at radius 2 is 1.74 bits per heavy atom. The van der Waals surface area contributed by atoms with E-state index >= 15 is 0 Å². The molecule has 0 bridgehead atoms. The molecule has 0 aromatic heterocycles. The molecule has 128 valence electrons. The van der Waals surface area contributed by atoms with Crippen molar-refractivity contribution in [2.45, 2.75) is 52.7 Å². The molecule has 1 aromatic carbocycles. The third-order valence-corrected chi connectivity index (χ3v) is 3.33. The predicted octanol–water partition coefficient (Wildman–Crippen LogP) is 5.08. The molecule has 0 aliphatic carbocycles. The van der Waals surface area contributed by atoms with Gasteiger partial charge in [-0.3, -0.25) is 10.2 Å². The van der Waals surface area contributed by atoms with Crippen LogP contribution in [0.4, 0.5) is 21.0 Å². The molecule has 0 aliphatic rings. The van der Waals surface area contributed by atoms with Crippen molar-refractivity contribution in [3.05, 3.63) is 22.7 Å². The van der Waals surface area contributed by atoms with Gasteiger partial charge >= 0.3 is 12.2 Å². The van der Waals surface area contributed by atoms with E-state index in [1.807, 2.05) is 0 Å². The smallest absolute Gasteiger partial charge is 0.412 e. The average molecular weight is 387 g/mol. The van der Waals surface area contributed by atoms with Crippen LogP contribution in [0.3, 0.4) is 0 Å². The van der Waals surface area contributed by atoms with Crippen LogP contribution in [0.25, 0.3) is 0 Å². The Hall–Kier alpha value is -1.76. The largest absolute Gasteiger partial charge is 0.465 e. The highest BCUT2D eigenvalue weighted by atomic mass is 79.9.